The predicted octanol–water partition coefficient (Wildman–Crippen LogP) is 3.47. The highest BCUT2D eigenvalue weighted by molar-refractivity contribution is 8.01. The van der Waals surface area contributed by atoms with Gasteiger partial charge in [-0.25, -0.2) is 0 Å². The van der Waals surface area contributed by atoms with Crippen molar-refractivity contribution >= 4 is 23.6 Å². The lowest BCUT2D eigenvalue weighted by molar-refractivity contribution is 0.0963. The molecule has 0 saturated heterocycles. The molecule has 154 valence electrons. The smallest absolute Gasteiger partial charge is 0.251 e. The Morgan fingerprint density at radius 2 is 1.90 bits per heavy atom. The van der Waals surface area contributed by atoms with Gasteiger partial charge < -0.3 is 16.0 Å². The van der Waals surface area contributed by atoms with Gasteiger partial charge in [0.2, 0.25) is 0 Å². The van der Waals surface area contributed by atoms with Gasteiger partial charge in [-0.15, -0.1) is 11.8 Å². The SMILES string of the molecule is CCNC(=NCC1(Sc2ccccc2)CC1)NCCc1cccc(C(=O)NC)c1. The molecule has 0 aromatic heterocycles. The number of carbonyl (C=O) groups is 1. The van der Waals surface area contributed by atoms with Crippen LogP contribution in [-0.4, -0.2) is 43.3 Å². The fourth-order valence-corrected chi connectivity index (χ4v) is 4.30. The first-order valence-corrected chi connectivity index (χ1v) is 11.0. The van der Waals surface area contributed by atoms with E-state index in [9.17, 15) is 4.79 Å². The van der Waals surface area contributed by atoms with Crippen LogP contribution < -0.4 is 16.0 Å². The van der Waals surface area contributed by atoms with Gasteiger partial charge in [0, 0.05) is 35.3 Å². The number of rotatable bonds is 9. The lowest BCUT2D eigenvalue weighted by atomic mass is 10.1. The lowest BCUT2D eigenvalue weighted by Gasteiger charge is -2.15. The van der Waals surface area contributed by atoms with Gasteiger partial charge in [-0.05, 0) is 56.0 Å². The van der Waals surface area contributed by atoms with Crippen LogP contribution in [0.25, 0.3) is 0 Å². The van der Waals surface area contributed by atoms with Gasteiger partial charge in [0.05, 0.1) is 6.54 Å². The monoisotopic (exact) mass is 410 g/mol. The molecule has 1 aliphatic carbocycles. The maximum absolute atomic E-state index is 11.8. The first-order chi connectivity index (χ1) is 14.1. The van der Waals surface area contributed by atoms with Crippen LogP contribution in [0.15, 0.2) is 64.5 Å². The highest BCUT2D eigenvalue weighted by Crippen LogP contribution is 2.51. The standard InChI is InChI=1S/C23H30N4OS/c1-3-25-22(26-15-12-18-8-7-9-19(16-18)21(28)24-2)27-17-23(13-14-23)29-20-10-5-4-6-11-20/h4-11,16H,3,12-15,17H2,1-2H3,(H,24,28)(H2,25,26,27). The minimum Gasteiger partial charge on any atom is -0.357 e. The molecule has 0 spiro atoms. The fourth-order valence-electron chi connectivity index (χ4n) is 3.07. The van der Waals surface area contributed by atoms with Crippen LogP contribution in [0.2, 0.25) is 0 Å². The summed E-state index contributed by atoms with van der Waals surface area (Å²) in [7, 11) is 1.65. The molecule has 3 rings (SSSR count). The van der Waals surface area contributed by atoms with E-state index in [-0.39, 0.29) is 10.7 Å². The number of guanidine groups is 1. The number of nitrogens with zero attached hydrogens (tertiary/aromatic N) is 1. The molecule has 1 aliphatic rings. The van der Waals surface area contributed by atoms with Crippen LogP contribution in [0.1, 0.15) is 35.7 Å². The maximum atomic E-state index is 11.8. The number of amides is 1. The van der Waals surface area contributed by atoms with Crippen LogP contribution in [0.5, 0.6) is 0 Å². The Balaban J connectivity index is 1.53. The number of hydrogen-bond acceptors (Lipinski definition) is 3. The minimum absolute atomic E-state index is 0.0552. The van der Waals surface area contributed by atoms with Crippen molar-refractivity contribution in [1.29, 1.82) is 0 Å². The zero-order valence-corrected chi connectivity index (χ0v) is 18.0. The van der Waals surface area contributed by atoms with Crippen molar-refractivity contribution in [2.24, 2.45) is 4.99 Å². The molecular weight excluding hydrogens is 380 g/mol. The van der Waals surface area contributed by atoms with Crippen LogP contribution >= 0.6 is 11.8 Å². The first-order valence-electron chi connectivity index (χ1n) is 10.2. The molecule has 29 heavy (non-hydrogen) atoms. The first kappa shape index (κ1) is 21.2. The van der Waals surface area contributed by atoms with E-state index in [0.717, 1.165) is 37.6 Å². The average molecular weight is 411 g/mol. The summed E-state index contributed by atoms with van der Waals surface area (Å²) in [5.74, 6) is 0.801. The molecule has 2 aromatic carbocycles. The Kier molecular flexibility index (Phi) is 7.58. The third-order valence-electron chi connectivity index (χ3n) is 4.88. The molecule has 1 amide bonds. The minimum atomic E-state index is -0.0552. The van der Waals surface area contributed by atoms with Gasteiger partial charge in [0.1, 0.15) is 0 Å². The van der Waals surface area contributed by atoms with Crippen molar-refractivity contribution in [3.63, 3.8) is 0 Å². The van der Waals surface area contributed by atoms with Crippen molar-refractivity contribution in [3.05, 3.63) is 65.7 Å². The highest BCUT2D eigenvalue weighted by atomic mass is 32.2. The summed E-state index contributed by atoms with van der Waals surface area (Å²) in [6.45, 7) is 4.49. The van der Waals surface area contributed by atoms with Gasteiger partial charge in [-0.3, -0.25) is 9.79 Å². The molecule has 1 fully saturated rings. The molecule has 5 nitrogen and oxygen atoms in total. The van der Waals surface area contributed by atoms with Crippen LogP contribution in [-0.2, 0) is 6.42 Å². The van der Waals surface area contributed by atoms with Gasteiger partial charge in [0.25, 0.3) is 5.91 Å². The predicted molar refractivity (Wildman–Crippen MR) is 122 cm³/mol. The quantitative estimate of drug-likeness (QED) is 0.437. The van der Waals surface area contributed by atoms with E-state index in [4.69, 9.17) is 4.99 Å². The summed E-state index contributed by atoms with van der Waals surface area (Å²) in [5, 5.41) is 9.43. The van der Waals surface area contributed by atoms with Crippen molar-refractivity contribution in [1.82, 2.24) is 16.0 Å². The van der Waals surface area contributed by atoms with Gasteiger partial charge >= 0.3 is 0 Å². The summed E-state index contributed by atoms with van der Waals surface area (Å²) in [4.78, 5) is 17.9. The Bertz CT molecular complexity index is 834. The second kappa shape index (κ2) is 10.3. The topological polar surface area (TPSA) is 65.5 Å². The second-order valence-corrected chi connectivity index (χ2v) is 8.79. The second-order valence-electron chi connectivity index (χ2n) is 7.25. The number of thioether (sulfide) groups is 1. The normalized spacial score (nSPS) is 14.9. The van der Waals surface area contributed by atoms with E-state index in [1.54, 1.807) is 7.05 Å². The third-order valence-corrected chi connectivity index (χ3v) is 6.36. The molecule has 0 aliphatic heterocycles. The van der Waals surface area contributed by atoms with E-state index >= 15 is 0 Å². The van der Waals surface area contributed by atoms with Crippen LogP contribution in [0.3, 0.4) is 0 Å². The zero-order chi connectivity index (χ0) is 20.5. The Morgan fingerprint density at radius 3 is 2.59 bits per heavy atom. The summed E-state index contributed by atoms with van der Waals surface area (Å²) < 4.78 is 0.242. The van der Waals surface area contributed by atoms with E-state index in [0.29, 0.717) is 5.56 Å². The summed E-state index contributed by atoms with van der Waals surface area (Å²) in [5.41, 5.74) is 1.83. The number of aliphatic imine (C=N–C) groups is 1. The van der Waals surface area contributed by atoms with Crippen LogP contribution in [0.4, 0.5) is 0 Å². The molecular formula is C23H30N4OS. The van der Waals surface area contributed by atoms with E-state index in [1.807, 2.05) is 36.0 Å². The molecule has 6 heteroatoms. The Morgan fingerprint density at radius 1 is 1.10 bits per heavy atom. The van der Waals surface area contributed by atoms with Gasteiger partial charge in [-0.1, -0.05) is 30.3 Å². The van der Waals surface area contributed by atoms with Gasteiger partial charge in [0.15, 0.2) is 5.96 Å². The van der Waals surface area contributed by atoms with Crippen molar-refractivity contribution < 1.29 is 4.79 Å². The van der Waals surface area contributed by atoms with E-state index < -0.39 is 0 Å². The highest BCUT2D eigenvalue weighted by Gasteiger charge is 2.43. The van der Waals surface area contributed by atoms with E-state index in [2.05, 4.69) is 53.2 Å². The Labute approximate surface area is 177 Å². The maximum Gasteiger partial charge on any atom is 0.251 e. The number of hydrogen-bond donors (Lipinski definition) is 3. The number of carbonyl (C=O) groups excluding carboxylic acids is 1. The summed E-state index contributed by atoms with van der Waals surface area (Å²) in [6, 6.07) is 18.3. The Hall–Kier alpha value is -2.47. The zero-order valence-electron chi connectivity index (χ0n) is 17.2. The average Bonchev–Trinajstić information content (AvgIpc) is 3.52. The molecule has 0 heterocycles. The third kappa shape index (κ3) is 6.53. The molecule has 0 unspecified atom stereocenters. The molecule has 2 aromatic rings. The summed E-state index contributed by atoms with van der Waals surface area (Å²) >= 11 is 1.94. The summed E-state index contributed by atoms with van der Waals surface area (Å²) in [6.07, 6.45) is 3.25. The largest absolute Gasteiger partial charge is 0.357 e. The molecule has 1 saturated carbocycles. The molecule has 3 N–H and O–H groups in total. The van der Waals surface area contributed by atoms with Crippen LogP contribution in [0, 0.1) is 0 Å². The van der Waals surface area contributed by atoms with E-state index in [1.165, 1.54) is 17.7 Å². The van der Waals surface area contributed by atoms with Gasteiger partial charge in [-0.2, -0.15) is 0 Å². The van der Waals surface area contributed by atoms with Crippen molar-refractivity contribution in [3.8, 4) is 0 Å². The molecule has 0 radical (unpaired) electrons. The molecule has 0 atom stereocenters. The lowest BCUT2D eigenvalue weighted by Crippen LogP contribution is -2.39. The fraction of sp³-hybridized carbons (Fsp3) is 0.391. The number of nitrogens with one attached hydrogen (secondary N) is 3. The molecule has 0 bridgehead atoms. The van der Waals surface area contributed by atoms with Crippen molar-refractivity contribution in [2.45, 2.75) is 35.8 Å². The van der Waals surface area contributed by atoms with Crippen molar-refractivity contribution in [2.75, 3.05) is 26.7 Å². The number of benzene rings is 2.